The monoisotopic (exact) mass is 673 g/mol. The molecule has 3 aromatic heterocycles. The van der Waals surface area contributed by atoms with E-state index in [9.17, 15) is 28.0 Å². The van der Waals surface area contributed by atoms with Gasteiger partial charge in [0.15, 0.2) is 17.3 Å². The Bertz CT molecular complexity index is 1970. The summed E-state index contributed by atoms with van der Waals surface area (Å²) in [6.07, 6.45) is 12.8. The molecular weight excluding hydrogens is 632 g/mol. The number of amides is 2. The van der Waals surface area contributed by atoms with Crippen LogP contribution < -0.4 is 16.1 Å². The molecule has 3 fully saturated rings. The SMILES string of the molecule is O=C1CCCN1CCCN(C(=O)c1ccc(F)c(F)c1)c1ccc(-c2nc3c([nH]2)c(=O)n(C2CCCCC2)c(=O)n3C2CCCCC2)cn1. The number of halogens is 2. The van der Waals surface area contributed by atoms with Gasteiger partial charge in [-0.05, 0) is 68.9 Å². The fourth-order valence-electron chi connectivity index (χ4n) is 7.72. The number of hydrogen-bond donors (Lipinski definition) is 1. The molecule has 11 nitrogen and oxygen atoms in total. The number of hydrogen-bond acceptors (Lipinski definition) is 6. The van der Waals surface area contributed by atoms with Crippen molar-refractivity contribution >= 4 is 28.8 Å². The van der Waals surface area contributed by atoms with Crippen molar-refractivity contribution < 1.29 is 18.4 Å². The lowest BCUT2D eigenvalue weighted by atomic mass is 9.94. The van der Waals surface area contributed by atoms with Gasteiger partial charge in [-0.25, -0.2) is 23.5 Å². The molecule has 2 saturated carbocycles. The van der Waals surface area contributed by atoms with Gasteiger partial charge in [0.25, 0.3) is 11.5 Å². The normalized spacial score (nSPS) is 17.7. The van der Waals surface area contributed by atoms with E-state index in [-0.39, 0.29) is 47.2 Å². The maximum absolute atomic E-state index is 14.1. The Balaban J connectivity index is 1.23. The van der Waals surface area contributed by atoms with Gasteiger partial charge in [-0.3, -0.25) is 28.4 Å². The van der Waals surface area contributed by atoms with Gasteiger partial charge in [0.2, 0.25) is 5.91 Å². The van der Waals surface area contributed by atoms with Crippen molar-refractivity contribution in [2.75, 3.05) is 24.5 Å². The first-order valence-electron chi connectivity index (χ1n) is 17.6. The number of imidazole rings is 1. The maximum atomic E-state index is 14.1. The second kappa shape index (κ2) is 14.0. The lowest BCUT2D eigenvalue weighted by Crippen LogP contribution is -2.44. The van der Waals surface area contributed by atoms with Crippen LogP contribution in [0.1, 0.15) is 106 Å². The van der Waals surface area contributed by atoms with Crippen molar-refractivity contribution in [3.8, 4) is 11.4 Å². The molecule has 0 atom stereocenters. The van der Waals surface area contributed by atoms with Crippen molar-refractivity contribution in [1.82, 2.24) is 29.0 Å². The Labute approximate surface area is 282 Å². The van der Waals surface area contributed by atoms with Crippen molar-refractivity contribution in [3.63, 3.8) is 0 Å². The minimum atomic E-state index is -1.13. The first kappa shape index (κ1) is 32.8. The zero-order valence-electron chi connectivity index (χ0n) is 27.5. The third-order valence-corrected chi connectivity index (χ3v) is 10.3. The zero-order valence-corrected chi connectivity index (χ0v) is 27.5. The van der Waals surface area contributed by atoms with Crippen LogP contribution in [0.25, 0.3) is 22.6 Å². The van der Waals surface area contributed by atoms with Gasteiger partial charge in [0, 0.05) is 55.5 Å². The van der Waals surface area contributed by atoms with Gasteiger partial charge in [0.05, 0.1) is 0 Å². The van der Waals surface area contributed by atoms with E-state index in [0.717, 1.165) is 82.8 Å². The number of carbonyl (C=O) groups excluding carboxylic acids is 2. The number of carbonyl (C=O) groups is 2. The molecule has 258 valence electrons. The van der Waals surface area contributed by atoms with E-state index < -0.39 is 17.5 Å². The Hall–Kier alpha value is -4.68. The van der Waals surface area contributed by atoms with Gasteiger partial charge in [-0.2, -0.15) is 0 Å². The average Bonchev–Trinajstić information content (AvgIpc) is 3.75. The quantitative estimate of drug-likeness (QED) is 0.236. The van der Waals surface area contributed by atoms with Crippen LogP contribution in [0.2, 0.25) is 0 Å². The van der Waals surface area contributed by atoms with Gasteiger partial charge in [-0.15, -0.1) is 0 Å². The molecule has 4 heterocycles. The van der Waals surface area contributed by atoms with Crippen molar-refractivity contribution in [2.24, 2.45) is 0 Å². The molecule has 1 aromatic carbocycles. The predicted octanol–water partition coefficient (Wildman–Crippen LogP) is 5.90. The molecule has 13 heteroatoms. The minimum Gasteiger partial charge on any atom is -0.343 e. The molecule has 0 bridgehead atoms. The highest BCUT2D eigenvalue weighted by atomic mass is 19.2. The Morgan fingerprint density at radius 1 is 0.878 bits per heavy atom. The highest BCUT2D eigenvalue weighted by Gasteiger charge is 2.29. The van der Waals surface area contributed by atoms with E-state index in [0.29, 0.717) is 48.5 Å². The predicted molar refractivity (Wildman–Crippen MR) is 181 cm³/mol. The third kappa shape index (κ3) is 6.54. The van der Waals surface area contributed by atoms with Gasteiger partial charge >= 0.3 is 5.69 Å². The number of aromatic amines is 1. The summed E-state index contributed by atoms with van der Waals surface area (Å²) in [6, 6.07) is 6.19. The topological polar surface area (TPSA) is 126 Å². The summed E-state index contributed by atoms with van der Waals surface area (Å²) in [4.78, 5) is 69.4. The zero-order chi connectivity index (χ0) is 34.1. The van der Waals surface area contributed by atoms with Crippen LogP contribution in [0.5, 0.6) is 0 Å². The minimum absolute atomic E-state index is 0.0331. The number of fused-ring (bicyclic) bond motifs is 1. The summed E-state index contributed by atoms with van der Waals surface area (Å²) in [7, 11) is 0. The van der Waals surface area contributed by atoms with Crippen molar-refractivity contribution in [1.29, 1.82) is 0 Å². The van der Waals surface area contributed by atoms with E-state index >= 15 is 0 Å². The van der Waals surface area contributed by atoms with Crippen LogP contribution in [0.4, 0.5) is 14.6 Å². The number of benzene rings is 1. The van der Waals surface area contributed by atoms with Crippen LogP contribution >= 0.6 is 0 Å². The molecule has 3 aliphatic rings. The van der Waals surface area contributed by atoms with Gasteiger partial charge < -0.3 is 9.88 Å². The largest absolute Gasteiger partial charge is 0.343 e. The second-order valence-corrected chi connectivity index (χ2v) is 13.5. The highest BCUT2D eigenvalue weighted by molar-refractivity contribution is 6.05. The van der Waals surface area contributed by atoms with E-state index in [1.165, 1.54) is 21.7 Å². The van der Waals surface area contributed by atoms with E-state index in [1.807, 2.05) is 0 Å². The molecule has 4 aromatic rings. The Morgan fingerprint density at radius 2 is 1.59 bits per heavy atom. The van der Waals surface area contributed by atoms with E-state index in [1.54, 1.807) is 21.6 Å². The number of nitrogens with zero attached hydrogens (tertiary/aromatic N) is 6. The van der Waals surface area contributed by atoms with E-state index in [4.69, 9.17) is 4.98 Å². The molecular formula is C36H41F2N7O4. The standard InChI is InChI=1S/C36H41F2N7O4/c37-27-16-14-23(21-28(27)38)34(47)43(20-8-19-42-18-7-13-30(42)46)29-17-15-24(22-39-29)32-40-31-33(41-32)44(25-9-3-1-4-10-25)36(49)45(35(31)48)26-11-5-2-6-12-26/h14-17,21-22,25-26H,1-13,18-20H2,(H,40,41). The molecule has 0 radical (unpaired) electrons. The molecule has 1 aliphatic heterocycles. The highest BCUT2D eigenvalue weighted by Crippen LogP contribution is 2.31. The summed E-state index contributed by atoms with van der Waals surface area (Å²) >= 11 is 0. The first-order chi connectivity index (χ1) is 23.8. The maximum Gasteiger partial charge on any atom is 0.333 e. The number of pyridine rings is 1. The summed E-state index contributed by atoms with van der Waals surface area (Å²) in [5, 5.41) is 0. The number of aromatic nitrogens is 5. The first-order valence-corrected chi connectivity index (χ1v) is 17.6. The molecule has 7 rings (SSSR count). The van der Waals surface area contributed by atoms with Gasteiger partial charge in [-0.1, -0.05) is 38.5 Å². The summed E-state index contributed by atoms with van der Waals surface area (Å²) in [6.45, 7) is 1.31. The number of likely N-dealkylation sites (tertiary alicyclic amines) is 1. The molecule has 0 unspecified atom stereocenters. The summed E-state index contributed by atoms with van der Waals surface area (Å²) in [5.74, 6) is -2.01. The molecule has 1 N–H and O–H groups in total. The van der Waals surface area contributed by atoms with Crippen molar-refractivity contribution in [2.45, 2.75) is 95.6 Å². The van der Waals surface area contributed by atoms with Gasteiger partial charge in [0.1, 0.15) is 17.2 Å². The lowest BCUT2D eigenvalue weighted by molar-refractivity contribution is -0.127. The van der Waals surface area contributed by atoms with Crippen LogP contribution in [-0.2, 0) is 4.79 Å². The number of anilines is 1. The number of H-pyrrole nitrogens is 1. The van der Waals surface area contributed by atoms with E-state index in [2.05, 4.69) is 9.97 Å². The Kier molecular flexibility index (Phi) is 9.42. The fraction of sp³-hybridized carbons (Fsp3) is 0.500. The fourth-order valence-corrected chi connectivity index (χ4v) is 7.72. The molecule has 1 saturated heterocycles. The number of nitrogens with one attached hydrogen (secondary N) is 1. The smallest absolute Gasteiger partial charge is 0.333 e. The Morgan fingerprint density at radius 3 is 2.22 bits per heavy atom. The van der Waals surface area contributed by atoms with Crippen LogP contribution in [0.15, 0.2) is 46.1 Å². The molecule has 2 aliphatic carbocycles. The molecule has 0 spiro atoms. The average molecular weight is 674 g/mol. The summed E-state index contributed by atoms with van der Waals surface area (Å²) < 4.78 is 31.0. The lowest BCUT2D eigenvalue weighted by Gasteiger charge is -2.28. The molecule has 2 amide bonds. The van der Waals surface area contributed by atoms with Crippen LogP contribution in [0.3, 0.4) is 0 Å². The van der Waals surface area contributed by atoms with Crippen LogP contribution in [-0.4, -0.2) is 60.4 Å². The summed E-state index contributed by atoms with van der Waals surface area (Å²) in [5.41, 5.74) is 0.510. The third-order valence-electron chi connectivity index (χ3n) is 10.3. The second-order valence-electron chi connectivity index (χ2n) is 13.5. The molecule has 49 heavy (non-hydrogen) atoms. The van der Waals surface area contributed by atoms with Crippen LogP contribution in [0, 0.1) is 11.6 Å². The van der Waals surface area contributed by atoms with Crippen molar-refractivity contribution in [3.05, 3.63) is 74.6 Å². The number of rotatable bonds is 9.